The van der Waals surface area contributed by atoms with Gasteiger partial charge in [-0.3, -0.25) is 19.6 Å². The van der Waals surface area contributed by atoms with Crippen LogP contribution in [0.5, 0.6) is 5.75 Å². The number of aromatic amines is 1. The zero-order valence-corrected chi connectivity index (χ0v) is 18.3. The van der Waals surface area contributed by atoms with Crippen LogP contribution in [-0.2, 0) is 11.3 Å². The molecule has 0 aliphatic carbocycles. The molecule has 0 aromatic carbocycles. The van der Waals surface area contributed by atoms with E-state index in [2.05, 4.69) is 20.3 Å². The molecule has 1 fully saturated rings. The molecular weight excluding hydrogens is 412 g/mol. The molecular formula is C22H26N6O4. The van der Waals surface area contributed by atoms with Gasteiger partial charge in [-0.25, -0.2) is 9.97 Å². The molecule has 4 rings (SSSR count). The summed E-state index contributed by atoms with van der Waals surface area (Å²) >= 11 is 0. The fraction of sp³-hybridized carbons (Fsp3) is 0.409. The van der Waals surface area contributed by atoms with Crippen LogP contribution in [0.1, 0.15) is 40.2 Å². The Labute approximate surface area is 184 Å². The molecule has 10 nitrogen and oxygen atoms in total. The maximum Gasteiger partial charge on any atom is 0.256 e. The first-order valence-corrected chi connectivity index (χ1v) is 10.4. The molecule has 0 spiro atoms. The van der Waals surface area contributed by atoms with E-state index < -0.39 is 0 Å². The van der Waals surface area contributed by atoms with Gasteiger partial charge in [-0.1, -0.05) is 0 Å². The third kappa shape index (κ3) is 3.89. The van der Waals surface area contributed by atoms with Gasteiger partial charge < -0.3 is 19.8 Å². The Morgan fingerprint density at radius 2 is 2.12 bits per heavy atom. The normalized spacial score (nSPS) is 14.5. The number of pyridine rings is 1. The van der Waals surface area contributed by atoms with E-state index in [4.69, 9.17) is 14.9 Å². The highest BCUT2D eigenvalue weighted by Gasteiger charge is 2.27. The summed E-state index contributed by atoms with van der Waals surface area (Å²) in [6.07, 6.45) is 4.49. The van der Waals surface area contributed by atoms with E-state index in [1.807, 2.05) is 0 Å². The van der Waals surface area contributed by atoms with Crippen molar-refractivity contribution < 1.29 is 14.3 Å². The van der Waals surface area contributed by atoms with Gasteiger partial charge in [0.25, 0.3) is 11.5 Å². The number of methoxy groups -OCH3 is 1. The summed E-state index contributed by atoms with van der Waals surface area (Å²) in [6.45, 7) is 4.78. The monoisotopic (exact) mass is 438 g/mol. The SMILES string of the molecule is COc1cc(C)[nH]c(=O)c1CNC(=O)c1c(C)n(C(=N)C2CCOCC2)c2ncncc12. The summed E-state index contributed by atoms with van der Waals surface area (Å²) in [6, 6.07) is 1.71. The Kier molecular flexibility index (Phi) is 6.04. The van der Waals surface area contributed by atoms with Gasteiger partial charge in [-0.15, -0.1) is 0 Å². The molecule has 0 unspecified atom stereocenters. The Balaban J connectivity index is 1.68. The molecule has 1 saturated heterocycles. The van der Waals surface area contributed by atoms with Gasteiger partial charge in [0.2, 0.25) is 0 Å². The van der Waals surface area contributed by atoms with Gasteiger partial charge in [-0.2, -0.15) is 0 Å². The van der Waals surface area contributed by atoms with Gasteiger partial charge in [0.05, 0.1) is 30.2 Å². The number of aromatic nitrogens is 4. The van der Waals surface area contributed by atoms with Crippen molar-refractivity contribution in [1.29, 1.82) is 5.41 Å². The maximum absolute atomic E-state index is 13.2. The molecule has 0 radical (unpaired) electrons. The summed E-state index contributed by atoms with van der Waals surface area (Å²) in [5.41, 5.74) is 2.21. The third-order valence-electron chi connectivity index (χ3n) is 5.82. The predicted octanol–water partition coefficient (Wildman–Crippen LogP) is 1.93. The van der Waals surface area contributed by atoms with Crippen LogP contribution in [0.2, 0.25) is 0 Å². The van der Waals surface area contributed by atoms with Crippen molar-refractivity contribution in [1.82, 2.24) is 24.8 Å². The van der Waals surface area contributed by atoms with Crippen LogP contribution in [0, 0.1) is 25.2 Å². The van der Waals surface area contributed by atoms with Crippen molar-refractivity contribution in [2.24, 2.45) is 5.92 Å². The lowest BCUT2D eigenvalue weighted by atomic mass is 9.98. The lowest BCUT2D eigenvalue weighted by Gasteiger charge is -2.24. The fourth-order valence-corrected chi connectivity index (χ4v) is 4.17. The number of nitrogens with one attached hydrogen (secondary N) is 3. The van der Waals surface area contributed by atoms with Crippen LogP contribution in [-0.4, -0.2) is 51.6 Å². The van der Waals surface area contributed by atoms with Crippen LogP contribution < -0.4 is 15.6 Å². The van der Waals surface area contributed by atoms with Crippen LogP contribution in [0.25, 0.3) is 11.0 Å². The smallest absolute Gasteiger partial charge is 0.256 e. The molecule has 1 aliphatic heterocycles. The second-order valence-electron chi connectivity index (χ2n) is 7.84. The molecule has 0 bridgehead atoms. The first-order valence-electron chi connectivity index (χ1n) is 10.4. The lowest BCUT2D eigenvalue weighted by molar-refractivity contribution is 0.0819. The summed E-state index contributed by atoms with van der Waals surface area (Å²) in [5, 5.41) is 12.2. The van der Waals surface area contributed by atoms with Crippen LogP contribution in [0.15, 0.2) is 23.4 Å². The minimum absolute atomic E-state index is 0.00512. The predicted molar refractivity (Wildman–Crippen MR) is 118 cm³/mol. The number of aryl methyl sites for hydroxylation is 1. The highest BCUT2D eigenvalue weighted by Crippen LogP contribution is 2.27. The van der Waals surface area contributed by atoms with Crippen LogP contribution in [0.4, 0.5) is 0 Å². The van der Waals surface area contributed by atoms with Crippen molar-refractivity contribution in [3.63, 3.8) is 0 Å². The Morgan fingerprint density at radius 3 is 2.84 bits per heavy atom. The largest absolute Gasteiger partial charge is 0.496 e. The number of hydrogen-bond acceptors (Lipinski definition) is 7. The van der Waals surface area contributed by atoms with Gasteiger partial charge in [0.15, 0.2) is 0 Å². The molecule has 3 N–H and O–H groups in total. The van der Waals surface area contributed by atoms with Crippen LogP contribution in [0.3, 0.4) is 0 Å². The Hall–Kier alpha value is -3.53. The molecule has 1 amide bonds. The van der Waals surface area contributed by atoms with Crippen molar-refractivity contribution in [3.05, 3.63) is 51.5 Å². The topological polar surface area (TPSA) is 135 Å². The van der Waals surface area contributed by atoms with E-state index in [0.717, 1.165) is 12.8 Å². The van der Waals surface area contributed by atoms with E-state index in [-0.39, 0.29) is 23.9 Å². The number of amides is 1. The minimum atomic E-state index is -0.372. The Morgan fingerprint density at radius 1 is 1.38 bits per heavy atom. The van der Waals surface area contributed by atoms with Crippen molar-refractivity contribution in [2.75, 3.05) is 20.3 Å². The van der Waals surface area contributed by atoms with E-state index >= 15 is 0 Å². The molecule has 32 heavy (non-hydrogen) atoms. The summed E-state index contributed by atoms with van der Waals surface area (Å²) in [5.74, 6) is 0.461. The van der Waals surface area contributed by atoms with E-state index in [1.165, 1.54) is 13.4 Å². The molecule has 1 aliphatic rings. The molecule has 10 heteroatoms. The molecule has 3 aromatic heterocycles. The second kappa shape index (κ2) is 8.91. The second-order valence-corrected chi connectivity index (χ2v) is 7.84. The van der Waals surface area contributed by atoms with Gasteiger partial charge in [0, 0.05) is 36.7 Å². The Bertz CT molecular complexity index is 1240. The first-order chi connectivity index (χ1) is 15.4. The number of fused-ring (bicyclic) bond motifs is 1. The van der Waals surface area contributed by atoms with Crippen LogP contribution >= 0.6 is 0 Å². The van der Waals surface area contributed by atoms with Gasteiger partial charge in [0.1, 0.15) is 23.6 Å². The van der Waals surface area contributed by atoms with Crippen molar-refractivity contribution in [2.45, 2.75) is 33.2 Å². The van der Waals surface area contributed by atoms with Crippen molar-refractivity contribution in [3.8, 4) is 5.75 Å². The average molecular weight is 438 g/mol. The number of nitrogens with zero attached hydrogens (tertiary/aromatic N) is 3. The average Bonchev–Trinajstić information content (AvgIpc) is 3.09. The number of carbonyl (C=O) groups excluding carboxylic acids is 1. The first kappa shape index (κ1) is 21.7. The van der Waals surface area contributed by atoms with Gasteiger partial charge >= 0.3 is 0 Å². The minimum Gasteiger partial charge on any atom is -0.496 e. The summed E-state index contributed by atoms with van der Waals surface area (Å²) in [7, 11) is 1.48. The molecule has 3 aromatic rings. The highest BCUT2D eigenvalue weighted by atomic mass is 16.5. The number of ether oxygens (including phenoxy) is 2. The molecule has 4 heterocycles. The van der Waals surface area contributed by atoms with E-state index in [0.29, 0.717) is 58.3 Å². The zero-order valence-electron chi connectivity index (χ0n) is 18.3. The van der Waals surface area contributed by atoms with E-state index in [1.54, 1.807) is 30.7 Å². The summed E-state index contributed by atoms with van der Waals surface area (Å²) < 4.78 is 12.5. The molecule has 0 saturated carbocycles. The third-order valence-corrected chi connectivity index (χ3v) is 5.82. The lowest BCUT2D eigenvalue weighted by Crippen LogP contribution is -2.30. The number of hydrogen-bond donors (Lipinski definition) is 3. The van der Waals surface area contributed by atoms with Gasteiger partial charge in [-0.05, 0) is 32.8 Å². The molecule has 0 atom stereocenters. The number of H-pyrrole nitrogens is 1. The zero-order chi connectivity index (χ0) is 22.8. The molecule has 168 valence electrons. The summed E-state index contributed by atoms with van der Waals surface area (Å²) in [4.78, 5) is 36.7. The number of carbonyl (C=O) groups is 1. The van der Waals surface area contributed by atoms with E-state index in [9.17, 15) is 9.59 Å². The fourth-order valence-electron chi connectivity index (χ4n) is 4.17. The standard InChI is InChI=1S/C22H26N6O4/c1-12-8-17(31-3)15(21(29)27-12)10-25-22(30)18-13(2)28(20-16(18)9-24-11-26-20)19(23)14-4-6-32-7-5-14/h8-9,11,14,23H,4-7,10H2,1-3H3,(H,25,30)(H,27,29). The number of rotatable bonds is 5. The highest BCUT2D eigenvalue weighted by molar-refractivity contribution is 6.10. The van der Waals surface area contributed by atoms with Crippen molar-refractivity contribution >= 4 is 22.8 Å². The quantitative estimate of drug-likeness (QED) is 0.411. The maximum atomic E-state index is 13.2.